The largest absolute Gasteiger partial charge is 0.341 e. The van der Waals surface area contributed by atoms with Crippen LogP contribution in [0.5, 0.6) is 0 Å². The first-order valence-corrected chi connectivity index (χ1v) is 11.2. The lowest BCUT2D eigenvalue weighted by Gasteiger charge is -2.32. The van der Waals surface area contributed by atoms with E-state index < -0.39 is 0 Å². The van der Waals surface area contributed by atoms with Crippen molar-refractivity contribution in [2.75, 3.05) is 32.4 Å². The van der Waals surface area contributed by atoms with Crippen molar-refractivity contribution < 1.29 is 9.59 Å². The van der Waals surface area contributed by atoms with Crippen LogP contribution in [0.25, 0.3) is 0 Å². The van der Waals surface area contributed by atoms with E-state index in [-0.39, 0.29) is 11.8 Å². The molecule has 0 bridgehead atoms. The Hall–Kier alpha value is -1.70. The minimum absolute atomic E-state index is 0.165. The molecule has 7 nitrogen and oxygen atoms in total. The van der Waals surface area contributed by atoms with Crippen LogP contribution in [0.2, 0.25) is 0 Å². The highest BCUT2D eigenvalue weighted by Gasteiger charge is 2.21. The summed E-state index contributed by atoms with van der Waals surface area (Å²) in [7, 11) is 1.79. The molecule has 0 aromatic heterocycles. The summed E-state index contributed by atoms with van der Waals surface area (Å²) in [6, 6.07) is -0.322. The Balaban J connectivity index is 2.27. The van der Waals surface area contributed by atoms with Gasteiger partial charge >= 0.3 is 6.03 Å². The predicted octanol–water partition coefficient (Wildman–Crippen LogP) is 3.79. The number of thioether (sulfide) groups is 1. The molecule has 1 fully saturated rings. The number of nitrogens with one attached hydrogen (secondary N) is 1. The van der Waals surface area contributed by atoms with Gasteiger partial charge in [-0.2, -0.15) is 4.99 Å². The highest BCUT2D eigenvalue weighted by molar-refractivity contribution is 8.14. The Morgan fingerprint density at radius 1 is 1.25 bits per heavy atom. The lowest BCUT2D eigenvalue weighted by Crippen LogP contribution is -2.38. The molecular weight excluding hydrogens is 374 g/mol. The number of hydrogen-bond acceptors (Lipinski definition) is 4. The monoisotopic (exact) mass is 409 g/mol. The fourth-order valence-corrected chi connectivity index (χ4v) is 3.58. The second-order valence-electron chi connectivity index (χ2n) is 6.89. The summed E-state index contributed by atoms with van der Waals surface area (Å²) < 4.78 is 0. The summed E-state index contributed by atoms with van der Waals surface area (Å²) in [4.78, 5) is 38.2. The first kappa shape index (κ1) is 24.3. The molecule has 158 valence electrons. The van der Waals surface area contributed by atoms with Gasteiger partial charge in [-0.15, -0.1) is 11.8 Å². The molecular formula is C20H35N5O2S. The highest BCUT2D eigenvalue weighted by atomic mass is 32.2. The molecule has 0 unspecified atom stereocenters. The van der Waals surface area contributed by atoms with Crippen molar-refractivity contribution in [2.45, 2.75) is 59.3 Å². The van der Waals surface area contributed by atoms with Crippen molar-refractivity contribution in [3.05, 3.63) is 0 Å². The van der Waals surface area contributed by atoms with Crippen molar-refractivity contribution in [1.82, 2.24) is 10.2 Å². The maximum absolute atomic E-state index is 11.9. The van der Waals surface area contributed by atoms with E-state index in [1.807, 2.05) is 13.1 Å². The number of guanidine groups is 1. The van der Waals surface area contributed by atoms with Gasteiger partial charge in [0, 0.05) is 39.3 Å². The van der Waals surface area contributed by atoms with Crippen LogP contribution in [0, 0.1) is 5.92 Å². The summed E-state index contributed by atoms with van der Waals surface area (Å²) in [5.41, 5.74) is 0. The summed E-state index contributed by atoms with van der Waals surface area (Å²) in [5, 5.41) is 3.48. The summed E-state index contributed by atoms with van der Waals surface area (Å²) in [6.07, 6.45) is 7.64. The lowest BCUT2D eigenvalue weighted by atomic mass is 9.94. The van der Waals surface area contributed by atoms with E-state index in [0.717, 1.165) is 51.2 Å². The Morgan fingerprint density at radius 3 is 2.57 bits per heavy atom. The van der Waals surface area contributed by atoms with Crippen LogP contribution in [-0.4, -0.2) is 66.4 Å². The Kier molecular flexibility index (Phi) is 12.4. The average molecular weight is 410 g/mol. The Labute approximate surface area is 173 Å². The molecule has 0 aromatic rings. The normalized spacial score (nSPS) is 16.6. The zero-order chi connectivity index (χ0) is 20.8. The number of ketones is 1. The minimum atomic E-state index is -0.322. The zero-order valence-corrected chi connectivity index (χ0v) is 18.6. The van der Waals surface area contributed by atoms with E-state index >= 15 is 0 Å². The van der Waals surface area contributed by atoms with Crippen molar-refractivity contribution >= 4 is 40.8 Å². The number of hydrogen-bond donors (Lipinski definition) is 1. The summed E-state index contributed by atoms with van der Waals surface area (Å²) in [5.74, 6) is 1.96. The smallest absolute Gasteiger partial charge is 0.341 e. The topological polar surface area (TPSA) is 86.5 Å². The van der Waals surface area contributed by atoms with Crippen LogP contribution in [0.1, 0.15) is 59.3 Å². The lowest BCUT2D eigenvalue weighted by molar-refractivity contribution is -0.116. The van der Waals surface area contributed by atoms with Crippen molar-refractivity contribution in [3.63, 3.8) is 0 Å². The number of nitrogens with zero attached hydrogens (tertiary/aromatic N) is 4. The van der Waals surface area contributed by atoms with Gasteiger partial charge in [0.05, 0.1) is 10.8 Å². The number of urea groups is 1. The van der Waals surface area contributed by atoms with E-state index in [0.29, 0.717) is 29.7 Å². The van der Waals surface area contributed by atoms with Crippen LogP contribution in [0.15, 0.2) is 15.0 Å². The quantitative estimate of drug-likeness (QED) is 0.488. The first-order valence-electron chi connectivity index (χ1n) is 10.2. The van der Waals surface area contributed by atoms with Gasteiger partial charge in [-0.05, 0) is 38.5 Å². The van der Waals surface area contributed by atoms with E-state index in [1.165, 1.54) is 11.8 Å². The van der Waals surface area contributed by atoms with Crippen LogP contribution >= 0.6 is 11.8 Å². The minimum Gasteiger partial charge on any atom is -0.341 e. The van der Waals surface area contributed by atoms with E-state index in [1.54, 1.807) is 14.0 Å². The molecule has 0 aliphatic carbocycles. The van der Waals surface area contributed by atoms with Crippen LogP contribution in [0.3, 0.4) is 0 Å². The molecule has 1 aliphatic heterocycles. The van der Waals surface area contributed by atoms with Gasteiger partial charge in [0.15, 0.2) is 0 Å². The van der Waals surface area contributed by atoms with Crippen molar-refractivity contribution in [2.24, 2.45) is 20.9 Å². The third-order valence-corrected chi connectivity index (χ3v) is 5.62. The molecule has 2 amide bonds. The molecule has 0 radical (unpaired) electrons. The Morgan fingerprint density at radius 2 is 1.96 bits per heavy atom. The molecule has 0 spiro atoms. The van der Waals surface area contributed by atoms with E-state index in [4.69, 9.17) is 0 Å². The van der Waals surface area contributed by atoms with E-state index in [2.05, 4.69) is 32.1 Å². The number of piperidine rings is 1. The number of likely N-dealkylation sites (tertiary alicyclic amines) is 1. The van der Waals surface area contributed by atoms with E-state index in [9.17, 15) is 9.59 Å². The average Bonchev–Trinajstić information content (AvgIpc) is 2.70. The predicted molar refractivity (Wildman–Crippen MR) is 120 cm³/mol. The number of carbonyl (C=O) groups is 2. The maximum atomic E-state index is 11.9. The maximum Gasteiger partial charge on any atom is 0.341 e. The standard InChI is InChI=1S/C20H35N5O2S/c1-5-7-11-22-19(21-4)25-13-9-17(10-14-25)8-12-23-20(27)24-16(3)28-15-18(26)6-2/h11,17H,5-10,12-15H2,1-4H3,(H,23,27)/b21-19?,22-11-,24-16-. The first-order chi connectivity index (χ1) is 13.5. The number of carbonyl (C=O) groups excluding carboxylic acids is 2. The molecule has 0 saturated carbocycles. The van der Waals surface area contributed by atoms with Gasteiger partial charge < -0.3 is 10.2 Å². The molecule has 1 rings (SSSR count). The van der Waals surface area contributed by atoms with Crippen LogP contribution in [-0.2, 0) is 4.79 Å². The van der Waals surface area contributed by atoms with Gasteiger partial charge in [-0.1, -0.05) is 20.3 Å². The highest BCUT2D eigenvalue weighted by Crippen LogP contribution is 2.20. The zero-order valence-electron chi connectivity index (χ0n) is 17.7. The van der Waals surface area contributed by atoms with Gasteiger partial charge in [0.1, 0.15) is 5.78 Å². The van der Waals surface area contributed by atoms with Crippen molar-refractivity contribution in [1.29, 1.82) is 0 Å². The SMILES string of the molecule is CCC/C=N\C(=NC)N1CCC(CCNC(=O)/N=C(/C)SCC(=O)CC)CC1. The molecule has 0 aromatic carbocycles. The number of unbranched alkanes of at least 4 members (excludes halogenated alkanes) is 1. The summed E-state index contributed by atoms with van der Waals surface area (Å²) >= 11 is 1.32. The fraction of sp³-hybridized carbons (Fsp3) is 0.750. The molecule has 28 heavy (non-hydrogen) atoms. The third-order valence-electron chi connectivity index (χ3n) is 4.65. The number of aliphatic imine (C=N–C) groups is 3. The van der Waals surface area contributed by atoms with Gasteiger partial charge in [0.25, 0.3) is 0 Å². The second kappa shape index (κ2) is 14.3. The van der Waals surface area contributed by atoms with Gasteiger partial charge in [-0.25, -0.2) is 9.79 Å². The van der Waals surface area contributed by atoms with Gasteiger partial charge in [-0.3, -0.25) is 9.79 Å². The fourth-order valence-electron chi connectivity index (χ4n) is 2.86. The number of Topliss-reactive ketones (excluding diaryl/α,β-unsaturated/α-hetero) is 1. The van der Waals surface area contributed by atoms with Crippen LogP contribution in [0.4, 0.5) is 4.79 Å². The molecule has 8 heteroatoms. The second-order valence-corrected chi connectivity index (χ2v) is 8.05. The van der Waals surface area contributed by atoms with Gasteiger partial charge in [0.2, 0.25) is 5.96 Å². The molecule has 1 N–H and O–H groups in total. The third kappa shape index (κ3) is 10.0. The molecule has 1 aliphatic rings. The van der Waals surface area contributed by atoms with Crippen LogP contribution < -0.4 is 5.32 Å². The Bertz CT molecular complexity index is 581. The molecule has 0 atom stereocenters. The molecule has 1 heterocycles. The van der Waals surface area contributed by atoms with Crippen molar-refractivity contribution in [3.8, 4) is 0 Å². The number of amides is 2. The number of rotatable bonds is 8. The molecule has 1 saturated heterocycles. The summed E-state index contributed by atoms with van der Waals surface area (Å²) in [6.45, 7) is 8.27.